The molecule has 0 amide bonds. The van der Waals surface area contributed by atoms with Crippen LogP contribution in [-0.2, 0) is 0 Å². The molecule has 0 atom stereocenters. The van der Waals surface area contributed by atoms with Gasteiger partial charge in [-0.1, -0.05) is 24.1 Å². The van der Waals surface area contributed by atoms with Gasteiger partial charge in [-0.25, -0.2) is 4.39 Å². The molecule has 0 spiro atoms. The Bertz CT molecular complexity index is 1090. The Morgan fingerprint density at radius 1 is 0.931 bits per heavy atom. The first kappa shape index (κ1) is 20.3. The van der Waals surface area contributed by atoms with E-state index in [4.69, 9.17) is 5.73 Å². The van der Waals surface area contributed by atoms with Crippen molar-refractivity contribution in [1.82, 2.24) is 0 Å². The largest absolute Gasteiger partial charge is 0.507 e. The van der Waals surface area contributed by atoms with Crippen LogP contribution in [0.25, 0.3) is 22.3 Å². The number of nitrogens with two attached hydrogens (primary N) is 1. The number of halogens is 1. The minimum absolute atomic E-state index is 0.0922. The zero-order valence-electron chi connectivity index (χ0n) is 17.2. The number of anilines is 2. The Labute approximate surface area is 171 Å². The van der Waals surface area contributed by atoms with Gasteiger partial charge >= 0.3 is 0 Å². The van der Waals surface area contributed by atoms with Crippen LogP contribution in [0.3, 0.4) is 0 Å². The van der Waals surface area contributed by atoms with Crippen molar-refractivity contribution in [3.8, 4) is 39.8 Å². The number of hydrogen-bond donors (Lipinski definition) is 3. The molecule has 3 rings (SSSR count). The van der Waals surface area contributed by atoms with Gasteiger partial charge in [0, 0.05) is 11.3 Å². The number of hydrogen-bond acceptors (Lipinski definition) is 3. The zero-order chi connectivity index (χ0) is 21.1. The number of aromatic hydroxyl groups is 1. The smallest absolute Gasteiger partial charge is 0.146 e. The van der Waals surface area contributed by atoms with E-state index in [1.165, 1.54) is 12.1 Å². The number of nitrogens with one attached hydrogen (secondary N) is 1. The summed E-state index contributed by atoms with van der Waals surface area (Å²) in [6, 6.07) is 12.7. The highest BCUT2D eigenvalue weighted by atomic mass is 19.1. The van der Waals surface area contributed by atoms with Gasteiger partial charge in [-0.3, -0.25) is 0 Å². The van der Waals surface area contributed by atoms with Crippen molar-refractivity contribution in [2.24, 2.45) is 0 Å². The number of benzene rings is 3. The fraction of sp³-hybridized carbons (Fsp3) is 0.200. The van der Waals surface area contributed by atoms with Crippen LogP contribution in [-0.4, -0.2) is 11.7 Å². The maximum absolute atomic E-state index is 14.0. The van der Waals surface area contributed by atoms with Crippen molar-refractivity contribution in [3.63, 3.8) is 0 Å². The van der Waals surface area contributed by atoms with Crippen molar-refractivity contribution < 1.29 is 9.50 Å². The molecule has 0 heterocycles. The summed E-state index contributed by atoms with van der Waals surface area (Å²) in [5.74, 6) is 5.50. The molecular formula is C25H25FN2O. The highest BCUT2D eigenvalue weighted by molar-refractivity contribution is 5.85. The lowest BCUT2D eigenvalue weighted by Gasteiger charge is -2.20. The summed E-state index contributed by atoms with van der Waals surface area (Å²) >= 11 is 0. The summed E-state index contributed by atoms with van der Waals surface area (Å²) < 4.78 is 14.0. The minimum Gasteiger partial charge on any atom is -0.507 e. The molecule has 3 aromatic rings. The van der Waals surface area contributed by atoms with Crippen molar-refractivity contribution in [2.75, 3.05) is 17.6 Å². The van der Waals surface area contributed by atoms with Gasteiger partial charge in [-0.05, 0) is 85.3 Å². The van der Waals surface area contributed by atoms with E-state index in [9.17, 15) is 9.50 Å². The fourth-order valence-corrected chi connectivity index (χ4v) is 3.60. The first-order valence-electron chi connectivity index (χ1n) is 9.47. The molecule has 29 heavy (non-hydrogen) atoms. The third-order valence-corrected chi connectivity index (χ3v) is 5.30. The van der Waals surface area contributed by atoms with Crippen molar-refractivity contribution in [3.05, 3.63) is 65.0 Å². The lowest BCUT2D eigenvalue weighted by molar-refractivity contribution is 0.473. The molecule has 3 aromatic carbocycles. The molecule has 0 radical (unpaired) electrons. The summed E-state index contributed by atoms with van der Waals surface area (Å²) in [4.78, 5) is 0. The topological polar surface area (TPSA) is 58.3 Å². The van der Waals surface area contributed by atoms with E-state index in [1.807, 2.05) is 52.0 Å². The first-order valence-corrected chi connectivity index (χ1v) is 9.47. The van der Waals surface area contributed by atoms with E-state index in [-0.39, 0.29) is 11.4 Å². The third kappa shape index (κ3) is 3.90. The second-order valence-electron chi connectivity index (χ2n) is 7.07. The Balaban J connectivity index is 2.07. The van der Waals surface area contributed by atoms with Crippen LogP contribution < -0.4 is 11.1 Å². The highest BCUT2D eigenvalue weighted by Gasteiger charge is 2.19. The normalized spacial score (nSPS) is 10.4. The lowest BCUT2D eigenvalue weighted by Crippen LogP contribution is -2.00. The number of phenols is 1. The fourth-order valence-electron chi connectivity index (χ4n) is 3.60. The quantitative estimate of drug-likeness (QED) is 0.391. The van der Waals surface area contributed by atoms with E-state index in [0.717, 1.165) is 33.5 Å². The molecule has 0 saturated heterocycles. The molecule has 0 fully saturated rings. The van der Waals surface area contributed by atoms with Gasteiger partial charge in [-0.15, -0.1) is 5.92 Å². The Kier molecular flexibility index (Phi) is 5.79. The molecule has 0 unspecified atom stereocenters. The third-order valence-electron chi connectivity index (χ3n) is 5.30. The average Bonchev–Trinajstić information content (AvgIpc) is 2.71. The Hall–Kier alpha value is -3.45. The maximum atomic E-state index is 14.0. The van der Waals surface area contributed by atoms with Gasteiger partial charge in [-0.2, -0.15) is 0 Å². The van der Waals surface area contributed by atoms with Gasteiger partial charge in [0.25, 0.3) is 0 Å². The van der Waals surface area contributed by atoms with Gasteiger partial charge in [0.1, 0.15) is 11.6 Å². The van der Waals surface area contributed by atoms with Crippen molar-refractivity contribution >= 4 is 11.4 Å². The average molecular weight is 388 g/mol. The number of rotatable bonds is 4. The zero-order valence-corrected chi connectivity index (χ0v) is 17.2. The molecule has 3 nitrogen and oxygen atoms in total. The summed E-state index contributed by atoms with van der Waals surface area (Å²) in [6.45, 7) is 8.27. The van der Waals surface area contributed by atoms with Crippen LogP contribution >= 0.6 is 0 Å². The van der Waals surface area contributed by atoms with Crippen LogP contribution in [0.1, 0.15) is 23.6 Å². The lowest BCUT2D eigenvalue weighted by atomic mass is 9.86. The van der Waals surface area contributed by atoms with Gasteiger partial charge in [0.2, 0.25) is 0 Å². The number of nitrogen functional groups attached to an aromatic ring is 1. The summed E-state index contributed by atoms with van der Waals surface area (Å²) in [5.41, 5.74) is 12.7. The molecule has 0 aromatic heterocycles. The van der Waals surface area contributed by atoms with Crippen LogP contribution in [0.2, 0.25) is 0 Å². The van der Waals surface area contributed by atoms with Crippen LogP contribution in [0, 0.1) is 38.4 Å². The van der Waals surface area contributed by atoms with Gasteiger partial charge in [0.05, 0.1) is 12.2 Å². The predicted molar refractivity (Wildman–Crippen MR) is 119 cm³/mol. The molecule has 4 heteroatoms. The van der Waals surface area contributed by atoms with E-state index >= 15 is 0 Å². The molecule has 0 bridgehead atoms. The van der Waals surface area contributed by atoms with E-state index in [1.54, 1.807) is 6.07 Å². The summed E-state index contributed by atoms with van der Waals surface area (Å²) in [6.07, 6.45) is 0. The number of phenolic OH excluding ortho intramolecular Hbond substituents is 1. The van der Waals surface area contributed by atoms with Crippen molar-refractivity contribution in [1.29, 1.82) is 0 Å². The molecule has 0 saturated carbocycles. The summed E-state index contributed by atoms with van der Waals surface area (Å²) in [7, 11) is 0. The Morgan fingerprint density at radius 3 is 2.17 bits per heavy atom. The summed E-state index contributed by atoms with van der Waals surface area (Å²) in [5, 5.41) is 14.2. The molecule has 0 aliphatic carbocycles. The van der Waals surface area contributed by atoms with Crippen LogP contribution in [0.5, 0.6) is 5.75 Å². The second kappa shape index (κ2) is 8.28. The maximum Gasteiger partial charge on any atom is 0.146 e. The molecule has 4 N–H and O–H groups in total. The molecule has 0 aliphatic heterocycles. The monoisotopic (exact) mass is 388 g/mol. The van der Waals surface area contributed by atoms with E-state index < -0.39 is 5.82 Å². The van der Waals surface area contributed by atoms with Crippen LogP contribution in [0.15, 0.2) is 42.5 Å². The molecule has 0 aliphatic rings. The van der Waals surface area contributed by atoms with Crippen molar-refractivity contribution in [2.45, 2.75) is 27.7 Å². The molecule has 148 valence electrons. The predicted octanol–water partition coefficient (Wildman–Crippen LogP) is 5.81. The SMILES string of the molecule is CC#CCNc1ccc(-c2c(C)c(C)c(-c3ccc(N)c(F)c3)c(O)c2C)cc1. The minimum atomic E-state index is -0.489. The standard InChI is InChI=1S/C25H25FN2O/c1-5-6-13-28-20-10-7-18(8-11-20)23-15(2)16(3)24(25(29)17(23)4)19-9-12-22(27)21(26)14-19/h7-12,14,28-29H,13,27H2,1-4H3. The van der Waals surface area contributed by atoms with Gasteiger partial charge in [0.15, 0.2) is 0 Å². The second-order valence-corrected chi connectivity index (χ2v) is 7.07. The molecular weight excluding hydrogens is 363 g/mol. The van der Waals surface area contributed by atoms with Crippen LogP contribution in [0.4, 0.5) is 15.8 Å². The van der Waals surface area contributed by atoms with Gasteiger partial charge < -0.3 is 16.2 Å². The van der Waals surface area contributed by atoms with E-state index in [2.05, 4.69) is 17.2 Å². The first-order chi connectivity index (χ1) is 13.8. The Morgan fingerprint density at radius 2 is 1.55 bits per heavy atom. The highest BCUT2D eigenvalue weighted by Crippen LogP contribution is 2.43. The van der Waals surface area contributed by atoms with E-state index in [0.29, 0.717) is 17.7 Å².